The fourth-order valence-corrected chi connectivity index (χ4v) is 11.7. The number of carbonyl (C=O) groups excluding carboxylic acids is 9. The minimum atomic E-state index is -1.10. The van der Waals surface area contributed by atoms with Crippen LogP contribution < -0.4 is 52.1 Å². The topological polar surface area (TPSA) is 352 Å². The lowest BCUT2D eigenvalue weighted by atomic mass is 10.1. The number of ether oxygens (including phenoxy) is 6. The van der Waals surface area contributed by atoms with E-state index in [1.807, 2.05) is 124 Å². The van der Waals surface area contributed by atoms with Crippen molar-refractivity contribution in [2.24, 2.45) is 0 Å². The number of carbonyl (C=O) groups is 10. The molecule has 6 aromatic carbocycles. The summed E-state index contributed by atoms with van der Waals surface area (Å²) in [6, 6.07) is 41.9. The second kappa shape index (κ2) is 40.4. The molecule has 3 atom stereocenters. The van der Waals surface area contributed by atoms with Crippen LogP contribution in [0.2, 0.25) is 0 Å². The zero-order valence-electron chi connectivity index (χ0n) is 62.9. The first-order valence-electron chi connectivity index (χ1n) is 36.3. The van der Waals surface area contributed by atoms with Gasteiger partial charge in [0.05, 0.1) is 55.0 Å². The van der Waals surface area contributed by atoms with Crippen LogP contribution in [0.15, 0.2) is 146 Å². The van der Waals surface area contributed by atoms with Crippen molar-refractivity contribution in [3.05, 3.63) is 179 Å². The molecule has 590 valence electrons. The van der Waals surface area contributed by atoms with E-state index >= 15 is 8.78 Å². The van der Waals surface area contributed by atoms with E-state index in [9.17, 15) is 47.9 Å². The first-order valence-corrected chi connectivity index (χ1v) is 36.3. The number of hydrazine groups is 1. The monoisotopic (exact) mass is 1520 g/mol. The number of carboxylic acid groups (broad SMARTS) is 1. The smallest absolute Gasteiger partial charge is 0.414 e. The van der Waals surface area contributed by atoms with Gasteiger partial charge in [-0.1, -0.05) is 84.9 Å². The number of nitrogens with zero attached hydrogens (tertiary/aromatic N) is 6. The van der Waals surface area contributed by atoms with Crippen LogP contribution in [0.1, 0.15) is 96.4 Å². The van der Waals surface area contributed by atoms with E-state index in [0.29, 0.717) is 106 Å². The van der Waals surface area contributed by atoms with Crippen molar-refractivity contribution in [1.29, 1.82) is 0 Å². The van der Waals surface area contributed by atoms with E-state index < -0.39 is 95.8 Å². The Balaban J connectivity index is 0.000000240. The summed E-state index contributed by atoms with van der Waals surface area (Å²) in [5, 5.41) is 15.6. The highest BCUT2D eigenvalue weighted by Gasteiger charge is 2.36. The highest BCUT2D eigenvalue weighted by Crippen LogP contribution is 2.31. The average Bonchev–Trinajstić information content (AvgIpc) is 1.11. The maximum Gasteiger partial charge on any atom is 0.414 e. The summed E-state index contributed by atoms with van der Waals surface area (Å²) in [5.41, 5.74) is 17.0. The molecular formula is C79H98F2N12O17. The van der Waals surface area contributed by atoms with Gasteiger partial charge in [0.1, 0.15) is 54.8 Å². The number of benzene rings is 6. The highest BCUT2D eigenvalue weighted by atomic mass is 19.1. The molecule has 4 aliphatic heterocycles. The number of halogens is 2. The fourth-order valence-electron chi connectivity index (χ4n) is 11.7. The number of carboxylic acids is 1. The van der Waals surface area contributed by atoms with Crippen LogP contribution in [-0.2, 0) is 78.4 Å². The van der Waals surface area contributed by atoms with Crippen molar-refractivity contribution in [2.75, 3.05) is 116 Å². The van der Waals surface area contributed by atoms with Crippen molar-refractivity contribution < 1.29 is 90.3 Å². The Kier molecular flexibility index (Phi) is 30.8. The van der Waals surface area contributed by atoms with Crippen LogP contribution in [0.4, 0.5) is 66.9 Å². The summed E-state index contributed by atoms with van der Waals surface area (Å²) < 4.78 is 61.5. The second-order valence-electron chi connectivity index (χ2n) is 28.4. The molecule has 0 bridgehead atoms. The predicted molar refractivity (Wildman–Crippen MR) is 407 cm³/mol. The van der Waals surface area contributed by atoms with Gasteiger partial charge in [0.2, 0.25) is 11.8 Å². The molecule has 29 nitrogen and oxygen atoms in total. The lowest BCUT2D eigenvalue weighted by molar-refractivity contribution is -0.155. The zero-order chi connectivity index (χ0) is 79.5. The Labute approximate surface area is 637 Å². The number of ketones is 1. The SMILES string of the molecule is CC(C)(C)OC(=O)NC[C@H]1CN(c2ccc(N3CCN(C(=O)CCCc4ccc(N)cc4)CC3)c(F)c2)C(=O)O1.C[C@H](NNc1ccc(CCCC(=O)N2CCN(c3ccc(N4C[C@H](CNC(=O)OC(C)(C)C)OC4=O)cc3F)CC2)cc1)C(=O)C(=O)OCc1ccccc1.O=C(O)CNC(=O)OCc1ccccc1. The molecule has 110 heavy (non-hydrogen) atoms. The summed E-state index contributed by atoms with van der Waals surface area (Å²) in [7, 11) is 0. The van der Waals surface area contributed by atoms with E-state index in [-0.39, 0.29) is 51.2 Å². The Morgan fingerprint density at radius 2 is 0.955 bits per heavy atom. The number of esters is 1. The molecule has 4 fully saturated rings. The summed E-state index contributed by atoms with van der Waals surface area (Å²) in [5.74, 6) is -3.50. The number of piperazine rings is 2. The van der Waals surface area contributed by atoms with Gasteiger partial charge in [-0.25, -0.2) is 43.0 Å². The number of hydrogen-bond donors (Lipinski definition) is 7. The van der Waals surface area contributed by atoms with E-state index in [2.05, 4.69) is 26.8 Å². The number of amides is 7. The Bertz CT molecular complexity index is 4100. The summed E-state index contributed by atoms with van der Waals surface area (Å²) in [6.07, 6.45) is -0.599. The lowest BCUT2D eigenvalue weighted by Gasteiger charge is -2.36. The van der Waals surface area contributed by atoms with E-state index in [4.69, 9.17) is 39.3 Å². The van der Waals surface area contributed by atoms with Gasteiger partial charge < -0.3 is 80.2 Å². The van der Waals surface area contributed by atoms with Crippen molar-refractivity contribution in [3.8, 4) is 0 Å². The third-order valence-corrected chi connectivity index (χ3v) is 17.4. The zero-order valence-corrected chi connectivity index (χ0v) is 62.9. The van der Waals surface area contributed by atoms with Crippen LogP contribution in [0, 0.1) is 11.6 Å². The Morgan fingerprint density at radius 3 is 1.36 bits per heavy atom. The number of rotatable bonds is 27. The Morgan fingerprint density at radius 1 is 0.536 bits per heavy atom. The van der Waals surface area contributed by atoms with Gasteiger partial charge in [0, 0.05) is 76.6 Å². The van der Waals surface area contributed by atoms with Crippen LogP contribution in [0.3, 0.4) is 0 Å². The summed E-state index contributed by atoms with van der Waals surface area (Å²) in [6.45, 7) is 16.2. The second-order valence-corrected chi connectivity index (χ2v) is 28.4. The molecule has 8 N–H and O–H groups in total. The molecule has 0 spiro atoms. The van der Waals surface area contributed by atoms with Gasteiger partial charge in [-0.2, -0.15) is 0 Å². The number of alkyl carbamates (subject to hydrolysis) is 3. The molecule has 0 aliphatic carbocycles. The quantitative estimate of drug-likeness (QED) is 0.00828. The molecule has 6 aromatic rings. The van der Waals surface area contributed by atoms with Gasteiger partial charge >= 0.3 is 42.4 Å². The van der Waals surface area contributed by atoms with Gasteiger partial charge in [-0.15, -0.1) is 0 Å². The molecule has 31 heteroatoms. The van der Waals surface area contributed by atoms with Gasteiger partial charge in [0.15, 0.2) is 0 Å². The largest absolute Gasteiger partial charge is 0.480 e. The first kappa shape index (κ1) is 83.9. The number of hydrogen-bond acceptors (Lipinski definition) is 21. The maximum absolute atomic E-state index is 15.3. The number of aryl methyl sites for hydroxylation is 2. The minimum Gasteiger partial charge on any atom is -0.480 e. The predicted octanol–water partition coefficient (Wildman–Crippen LogP) is 9.89. The van der Waals surface area contributed by atoms with Crippen molar-refractivity contribution in [2.45, 2.75) is 130 Å². The molecule has 0 saturated carbocycles. The molecule has 4 saturated heterocycles. The van der Waals surface area contributed by atoms with Crippen molar-refractivity contribution >= 4 is 94.1 Å². The highest BCUT2D eigenvalue weighted by molar-refractivity contribution is 6.35. The lowest BCUT2D eigenvalue weighted by Crippen LogP contribution is -2.49. The van der Waals surface area contributed by atoms with Gasteiger partial charge in [-0.3, -0.25) is 29.0 Å². The molecule has 0 unspecified atom stereocenters. The molecular weight excluding hydrogens is 1430 g/mol. The van der Waals surface area contributed by atoms with Crippen LogP contribution in [0.25, 0.3) is 0 Å². The number of nitrogens with two attached hydrogens (primary N) is 1. The fraction of sp³-hybridized carbons (Fsp3) is 0.418. The van der Waals surface area contributed by atoms with E-state index in [1.165, 1.54) is 21.9 Å². The molecule has 10 rings (SSSR count). The third-order valence-electron chi connectivity index (χ3n) is 17.4. The summed E-state index contributed by atoms with van der Waals surface area (Å²) in [4.78, 5) is 130. The number of cyclic esters (lactones) is 2. The molecule has 0 radical (unpaired) electrons. The standard InChI is InChI=1S/C40H49FN6O8.C29H38FN5O5.C10H11NO4/c1-27(36(49)37(50)53-26-29-9-6-5-7-10-29)43-44-30-15-13-28(14-16-30)11-8-12-35(48)46-21-19-45(20-22-46)34-18-17-31(23-33(34)41)47-25-32(54-39(47)52)24-42-38(51)55-40(2,3)4;1-29(2,3)40-27(37)32-18-23-19-35(28(38)39-23)22-11-12-25(24(30)17-22)33-13-15-34(16-14-33)26(36)6-4-5-20-7-9-21(31)10-8-20;12-9(13)6-11-10(14)15-7-8-4-2-1-3-5-8/h5-7,9-10,13-18,23,27,32,43-44H,8,11-12,19-22,24-26H2,1-4H3,(H,42,51);7-12,17,23H,4-6,13-16,18-19,31H2,1-3H3,(H,32,37);1-5H,6-7H2,(H,11,14)(H,12,13)/t27-,32-;23-;/m00./s1. The van der Waals surface area contributed by atoms with E-state index in [1.54, 1.807) is 77.6 Å². The minimum absolute atomic E-state index is 0.0240. The normalized spacial score (nSPS) is 15.8. The molecule has 4 aliphatic rings. The molecule has 7 amide bonds. The Hall–Kier alpha value is -11.8. The molecule has 4 heterocycles. The maximum atomic E-state index is 15.3. The van der Waals surface area contributed by atoms with Crippen LogP contribution in [-0.4, -0.2) is 189 Å². The van der Waals surface area contributed by atoms with E-state index in [0.717, 1.165) is 40.8 Å². The van der Waals surface area contributed by atoms with Crippen LogP contribution >= 0.6 is 0 Å². The average molecular weight is 1530 g/mol. The molecule has 0 aromatic heterocycles. The van der Waals surface area contributed by atoms with Crippen molar-refractivity contribution in [1.82, 2.24) is 31.2 Å². The first-order chi connectivity index (χ1) is 52.4. The number of anilines is 6. The van der Waals surface area contributed by atoms with Crippen LogP contribution in [0.5, 0.6) is 0 Å². The number of aliphatic carboxylic acids is 1. The number of nitrogen functional groups attached to an aromatic ring is 1. The van der Waals surface area contributed by atoms with Gasteiger partial charge in [0.25, 0.3) is 5.78 Å². The van der Waals surface area contributed by atoms with Gasteiger partial charge in [-0.05, 0) is 157 Å². The number of nitrogens with one attached hydrogen (secondary N) is 5. The third kappa shape index (κ3) is 27.5. The summed E-state index contributed by atoms with van der Waals surface area (Å²) >= 11 is 0. The number of Topliss-reactive ketones (excluding diaryl/α,β-unsaturated/α-hetero) is 1. The van der Waals surface area contributed by atoms with Crippen molar-refractivity contribution in [3.63, 3.8) is 0 Å².